The van der Waals surface area contributed by atoms with Crippen LogP contribution in [-0.4, -0.2) is 103 Å². The number of nitrogens with zero attached hydrogens (tertiary/aromatic N) is 7. The Morgan fingerprint density at radius 3 is 2.43 bits per heavy atom. The van der Waals surface area contributed by atoms with E-state index in [0.717, 1.165) is 126 Å². The number of pyridine rings is 1. The van der Waals surface area contributed by atoms with E-state index in [9.17, 15) is 24.3 Å². The molecule has 0 bridgehead atoms. The second-order valence-corrected chi connectivity index (χ2v) is 21.6. The van der Waals surface area contributed by atoms with E-state index in [4.69, 9.17) is 14.7 Å². The van der Waals surface area contributed by atoms with E-state index in [1.54, 1.807) is 0 Å². The molecule has 3 N–H and O–H groups in total. The molecule has 382 valence electrons. The number of amides is 3. The zero-order valence-corrected chi connectivity index (χ0v) is 43.0. The highest BCUT2D eigenvalue weighted by molar-refractivity contribution is 7.22. The summed E-state index contributed by atoms with van der Waals surface area (Å²) in [5.41, 5.74) is 8.49. The molecule has 3 aromatic heterocycles. The summed E-state index contributed by atoms with van der Waals surface area (Å²) in [7, 11) is 2.05. The van der Waals surface area contributed by atoms with Crippen LogP contribution in [0.5, 0.6) is 5.75 Å². The Kier molecular flexibility index (Phi) is 14.3. The van der Waals surface area contributed by atoms with Crippen LogP contribution in [-0.2, 0) is 36.1 Å². The van der Waals surface area contributed by atoms with Crippen molar-refractivity contribution in [3.8, 4) is 16.9 Å². The van der Waals surface area contributed by atoms with Crippen LogP contribution in [0.3, 0.4) is 0 Å². The van der Waals surface area contributed by atoms with Crippen molar-refractivity contribution in [1.82, 2.24) is 34.6 Å². The van der Waals surface area contributed by atoms with Gasteiger partial charge in [0.1, 0.15) is 17.4 Å². The number of carbonyl (C=O) groups excluding carboxylic acids is 3. The number of unbranched alkanes of at least 4 members (excludes halogenated alkanes) is 1. The van der Waals surface area contributed by atoms with Crippen molar-refractivity contribution in [3.05, 3.63) is 130 Å². The summed E-state index contributed by atoms with van der Waals surface area (Å²) in [6.45, 7) is 9.09. The number of rotatable bonds is 15. The molecule has 1 unspecified atom stereocenters. The largest absolute Gasteiger partial charge is 0.490 e. The summed E-state index contributed by atoms with van der Waals surface area (Å²) in [5.74, 6) is 1.02. The van der Waals surface area contributed by atoms with Crippen molar-refractivity contribution in [2.24, 2.45) is 13.0 Å². The molecule has 16 heteroatoms. The number of hydrogen-bond donors (Lipinski definition) is 3. The van der Waals surface area contributed by atoms with E-state index in [0.29, 0.717) is 60.3 Å². The number of piperidine rings is 1. The maximum atomic E-state index is 13.7. The van der Waals surface area contributed by atoms with Crippen molar-refractivity contribution < 1.29 is 29.0 Å². The van der Waals surface area contributed by atoms with Crippen LogP contribution in [0.2, 0.25) is 0 Å². The third kappa shape index (κ3) is 10.5. The molecule has 74 heavy (non-hydrogen) atoms. The lowest BCUT2D eigenvalue weighted by atomic mass is 9.84. The van der Waals surface area contributed by atoms with Gasteiger partial charge in [0, 0.05) is 63.9 Å². The second-order valence-electron chi connectivity index (χ2n) is 20.6. The highest BCUT2D eigenvalue weighted by Crippen LogP contribution is 2.38. The number of piperazine rings is 1. The van der Waals surface area contributed by atoms with Crippen LogP contribution in [0.1, 0.15) is 113 Å². The first kappa shape index (κ1) is 49.2. The molecule has 1 atom stereocenters. The number of fused-ring (bicyclic) bond motifs is 3. The standard InChI is InChI=1S/C58H63N9O6S/c1-36-41(43-21-24-51(61-54(43)57(71)72)67-28-26-38-10-7-12-44(45(38)34-67)56(70)63-58-60-47-13-3-4-15-50(47)74-58)11-8-14-49(36)73-40-19-16-37(17-20-40)9-5-6-27-65-29-31-66(32-30-65)35-52-59-46-23-18-39(33-48(46)64(52)2)42-22-25-53(68)62-55(42)69/h3-4,7-8,10-15,18,21,23-24,33,37,40,42H,5-6,9,16-17,19-20,22,25-32,34-35H2,1-2H3,(H,71,72)(H,60,63,70)(H,62,68,69). The number of hydrogen-bond acceptors (Lipinski definition) is 12. The number of benzene rings is 4. The van der Waals surface area contributed by atoms with Gasteiger partial charge in [-0.1, -0.05) is 66.6 Å². The van der Waals surface area contributed by atoms with Crippen LogP contribution >= 0.6 is 11.3 Å². The topological polar surface area (TPSA) is 175 Å². The SMILES string of the molecule is Cc1c(OC2CCC(CCCCN3CCN(Cc4nc5ccc(C6CCC(=O)NC6=O)cc5n4C)CC3)CC2)cccc1-c1ccc(N2CCc3cccc(C(=O)Nc4nc5ccccc5s4)c3C2)nc1C(=O)O. The van der Waals surface area contributed by atoms with Crippen molar-refractivity contribution in [3.63, 3.8) is 0 Å². The minimum Gasteiger partial charge on any atom is -0.490 e. The number of thiazole rings is 1. The molecule has 1 aliphatic carbocycles. The Morgan fingerprint density at radius 2 is 1.62 bits per heavy atom. The summed E-state index contributed by atoms with van der Waals surface area (Å²) in [6.07, 6.45) is 9.69. The summed E-state index contributed by atoms with van der Waals surface area (Å²) < 4.78 is 9.84. The number of para-hydroxylation sites is 1. The molecular formula is C58H63N9O6S. The van der Waals surface area contributed by atoms with E-state index < -0.39 is 5.97 Å². The Labute approximate surface area is 435 Å². The van der Waals surface area contributed by atoms with Crippen molar-refractivity contribution >= 4 is 67.2 Å². The average molecular weight is 1010 g/mol. The highest BCUT2D eigenvalue weighted by atomic mass is 32.1. The number of nitrogens with one attached hydrogen (secondary N) is 2. The third-order valence-corrected chi connectivity index (χ3v) is 16.9. The molecule has 4 aromatic carbocycles. The maximum Gasteiger partial charge on any atom is 0.355 e. The number of carboxylic acids is 1. The first-order valence-electron chi connectivity index (χ1n) is 26.3. The Balaban J connectivity index is 0.637. The molecule has 3 amide bonds. The van der Waals surface area contributed by atoms with Crippen LogP contribution in [0.4, 0.5) is 10.9 Å². The molecule has 3 fully saturated rings. The van der Waals surface area contributed by atoms with Gasteiger partial charge in [-0.2, -0.15) is 0 Å². The van der Waals surface area contributed by atoms with Crippen LogP contribution in [0, 0.1) is 12.8 Å². The normalized spacial score (nSPS) is 19.6. The fourth-order valence-corrected chi connectivity index (χ4v) is 12.5. The number of imidazole rings is 1. The van der Waals surface area contributed by atoms with Gasteiger partial charge in [-0.05, 0) is 141 Å². The molecular weight excluding hydrogens is 951 g/mol. The van der Waals surface area contributed by atoms with Crippen molar-refractivity contribution in [2.45, 2.75) is 96.2 Å². The third-order valence-electron chi connectivity index (χ3n) is 15.9. The van der Waals surface area contributed by atoms with Gasteiger partial charge >= 0.3 is 5.97 Å². The molecule has 4 aliphatic rings. The zero-order chi connectivity index (χ0) is 50.9. The predicted octanol–water partition coefficient (Wildman–Crippen LogP) is 9.51. The van der Waals surface area contributed by atoms with Crippen LogP contribution in [0.15, 0.2) is 91.0 Å². The van der Waals surface area contributed by atoms with E-state index in [1.165, 1.54) is 30.6 Å². The monoisotopic (exact) mass is 1010 g/mol. The number of aromatic carboxylic acids is 1. The molecule has 7 aromatic rings. The predicted molar refractivity (Wildman–Crippen MR) is 288 cm³/mol. The molecule has 6 heterocycles. The van der Waals surface area contributed by atoms with Crippen molar-refractivity contribution in [1.29, 1.82) is 0 Å². The van der Waals surface area contributed by atoms with E-state index in [1.807, 2.05) is 85.8 Å². The summed E-state index contributed by atoms with van der Waals surface area (Å²) in [5, 5.41) is 16.6. The van der Waals surface area contributed by atoms with E-state index in [2.05, 4.69) is 54.1 Å². The molecule has 15 nitrogen and oxygen atoms in total. The average Bonchev–Trinajstić information content (AvgIpc) is 3.97. The maximum absolute atomic E-state index is 13.7. The highest BCUT2D eigenvalue weighted by Gasteiger charge is 2.30. The number of anilines is 2. The zero-order valence-electron chi connectivity index (χ0n) is 42.1. The van der Waals surface area contributed by atoms with E-state index >= 15 is 0 Å². The van der Waals surface area contributed by atoms with Gasteiger partial charge < -0.3 is 24.2 Å². The van der Waals surface area contributed by atoms with Crippen LogP contribution in [0.25, 0.3) is 32.4 Å². The van der Waals surface area contributed by atoms with E-state index in [-0.39, 0.29) is 35.4 Å². The Hall–Kier alpha value is -7.01. The lowest BCUT2D eigenvalue weighted by molar-refractivity contribution is -0.134. The molecule has 3 aliphatic heterocycles. The second kappa shape index (κ2) is 21.5. The first-order chi connectivity index (χ1) is 36.0. The van der Waals surface area contributed by atoms with Gasteiger partial charge in [0.2, 0.25) is 11.8 Å². The van der Waals surface area contributed by atoms with Gasteiger partial charge in [-0.15, -0.1) is 0 Å². The lowest BCUT2D eigenvalue weighted by Gasteiger charge is -2.34. The van der Waals surface area contributed by atoms with Gasteiger partial charge in [0.05, 0.1) is 39.8 Å². The fraction of sp³-hybridized carbons (Fsp3) is 0.397. The Morgan fingerprint density at radius 1 is 0.811 bits per heavy atom. The number of carbonyl (C=O) groups is 4. The smallest absolute Gasteiger partial charge is 0.355 e. The number of aryl methyl sites for hydroxylation is 1. The molecule has 0 spiro atoms. The summed E-state index contributed by atoms with van der Waals surface area (Å²) in [4.78, 5) is 72.2. The summed E-state index contributed by atoms with van der Waals surface area (Å²) in [6, 6.07) is 29.3. The number of imide groups is 1. The van der Waals surface area contributed by atoms with Crippen LogP contribution < -0.4 is 20.3 Å². The first-order valence-corrected chi connectivity index (χ1v) is 27.1. The van der Waals surface area contributed by atoms with Gasteiger partial charge in [-0.3, -0.25) is 29.9 Å². The van der Waals surface area contributed by atoms with Gasteiger partial charge in [0.15, 0.2) is 10.8 Å². The number of carboxylic acid groups (broad SMARTS) is 1. The quantitative estimate of drug-likeness (QED) is 0.0657. The van der Waals surface area contributed by atoms with Gasteiger partial charge in [-0.25, -0.2) is 19.7 Å². The minimum atomic E-state index is -1.10. The Bertz CT molecular complexity index is 3230. The molecule has 1 saturated carbocycles. The van der Waals surface area contributed by atoms with Gasteiger partial charge in [0.25, 0.3) is 5.91 Å². The lowest BCUT2D eigenvalue weighted by Crippen LogP contribution is -2.46. The summed E-state index contributed by atoms with van der Waals surface area (Å²) >= 11 is 1.44. The molecule has 2 saturated heterocycles. The molecule has 11 rings (SSSR count). The number of aromatic nitrogens is 4. The molecule has 0 radical (unpaired) electrons. The minimum absolute atomic E-state index is 0.0154. The fourth-order valence-electron chi connectivity index (χ4n) is 11.6. The number of ether oxygens (including phenoxy) is 1. The van der Waals surface area contributed by atoms with Crippen molar-refractivity contribution in [2.75, 3.05) is 49.5 Å².